The number of guanidine groups is 1. The van der Waals surface area contributed by atoms with Crippen LogP contribution in [0.1, 0.15) is 0 Å². The van der Waals surface area contributed by atoms with Crippen molar-refractivity contribution in [1.29, 1.82) is 5.41 Å². The second-order valence-electron chi connectivity index (χ2n) is 4.14. The molecule has 1 fully saturated rings. The maximum atomic E-state index is 12.5. The SMILES string of the molecule is N=C(N)N(c1ccccc1)S(=O)(=O)N1CCNCC1. The van der Waals surface area contributed by atoms with E-state index in [2.05, 4.69) is 5.32 Å². The van der Waals surface area contributed by atoms with Crippen LogP contribution < -0.4 is 15.4 Å². The Kier molecular flexibility index (Phi) is 4.03. The first-order chi connectivity index (χ1) is 9.03. The Labute approximate surface area is 112 Å². The molecule has 7 nitrogen and oxygen atoms in total. The van der Waals surface area contributed by atoms with Crippen LogP contribution in [0.15, 0.2) is 30.3 Å². The van der Waals surface area contributed by atoms with Crippen molar-refractivity contribution in [2.75, 3.05) is 30.5 Å². The lowest BCUT2D eigenvalue weighted by Gasteiger charge is -2.32. The highest BCUT2D eigenvalue weighted by Gasteiger charge is 2.32. The summed E-state index contributed by atoms with van der Waals surface area (Å²) in [6.45, 7) is 1.94. The largest absolute Gasteiger partial charge is 0.369 e. The van der Waals surface area contributed by atoms with Crippen LogP contribution in [0.2, 0.25) is 0 Å². The normalized spacial score (nSPS) is 17.1. The Bertz CT molecular complexity index is 539. The van der Waals surface area contributed by atoms with Crippen molar-refractivity contribution in [2.24, 2.45) is 5.73 Å². The lowest BCUT2D eigenvalue weighted by Crippen LogP contribution is -2.54. The van der Waals surface area contributed by atoms with Crippen molar-refractivity contribution < 1.29 is 8.42 Å². The minimum Gasteiger partial charge on any atom is -0.369 e. The van der Waals surface area contributed by atoms with Crippen molar-refractivity contribution >= 4 is 21.9 Å². The first kappa shape index (κ1) is 13.8. The van der Waals surface area contributed by atoms with Gasteiger partial charge in [0.05, 0.1) is 5.69 Å². The van der Waals surface area contributed by atoms with Crippen LogP contribution in [0.25, 0.3) is 0 Å². The van der Waals surface area contributed by atoms with Crippen LogP contribution in [0, 0.1) is 5.41 Å². The van der Waals surface area contributed by atoms with Gasteiger partial charge in [0.2, 0.25) is 5.96 Å². The maximum absolute atomic E-state index is 12.5. The molecule has 0 aromatic heterocycles. The van der Waals surface area contributed by atoms with E-state index in [0.29, 0.717) is 31.9 Å². The minimum atomic E-state index is -3.80. The molecule has 4 N–H and O–H groups in total. The van der Waals surface area contributed by atoms with Gasteiger partial charge in [0, 0.05) is 26.2 Å². The highest BCUT2D eigenvalue weighted by atomic mass is 32.2. The molecule has 0 amide bonds. The molecular weight excluding hydrogens is 266 g/mol. The highest BCUT2D eigenvalue weighted by Crippen LogP contribution is 2.19. The fraction of sp³-hybridized carbons (Fsp3) is 0.364. The number of nitrogens with zero attached hydrogens (tertiary/aromatic N) is 2. The quantitative estimate of drug-likeness (QED) is 0.516. The topological polar surface area (TPSA) is 103 Å². The number of nitrogens with two attached hydrogens (primary N) is 1. The Balaban J connectivity index is 2.36. The van der Waals surface area contributed by atoms with Gasteiger partial charge in [-0.05, 0) is 12.1 Å². The molecule has 1 aromatic carbocycles. The van der Waals surface area contributed by atoms with Crippen molar-refractivity contribution in [3.8, 4) is 0 Å². The molecule has 0 saturated carbocycles. The van der Waals surface area contributed by atoms with Crippen LogP contribution in [0.3, 0.4) is 0 Å². The van der Waals surface area contributed by atoms with Crippen molar-refractivity contribution in [3.05, 3.63) is 30.3 Å². The average molecular weight is 283 g/mol. The Morgan fingerprint density at radius 2 is 1.84 bits per heavy atom. The van der Waals surface area contributed by atoms with Crippen LogP contribution >= 0.6 is 0 Å². The first-order valence-electron chi connectivity index (χ1n) is 5.93. The lowest BCUT2D eigenvalue weighted by atomic mass is 10.3. The number of piperazine rings is 1. The summed E-state index contributed by atoms with van der Waals surface area (Å²) in [4.78, 5) is 0. The van der Waals surface area contributed by atoms with Gasteiger partial charge in [-0.3, -0.25) is 5.41 Å². The zero-order chi connectivity index (χ0) is 13.9. The molecule has 1 heterocycles. The third-order valence-corrected chi connectivity index (χ3v) is 4.73. The van der Waals surface area contributed by atoms with E-state index in [-0.39, 0.29) is 0 Å². The molecule has 104 valence electrons. The predicted molar refractivity (Wildman–Crippen MR) is 74.2 cm³/mol. The third kappa shape index (κ3) is 2.86. The monoisotopic (exact) mass is 283 g/mol. The van der Waals surface area contributed by atoms with E-state index in [1.54, 1.807) is 30.3 Å². The van der Waals surface area contributed by atoms with E-state index in [0.717, 1.165) is 4.31 Å². The van der Waals surface area contributed by atoms with Gasteiger partial charge in [0.15, 0.2) is 0 Å². The molecular formula is C11H17N5O2S. The number of hydrogen-bond acceptors (Lipinski definition) is 4. The summed E-state index contributed by atoms with van der Waals surface area (Å²) < 4.78 is 27.3. The fourth-order valence-electron chi connectivity index (χ4n) is 1.95. The minimum absolute atomic E-state index is 0.369. The van der Waals surface area contributed by atoms with Crippen LogP contribution in [0.4, 0.5) is 5.69 Å². The fourth-order valence-corrected chi connectivity index (χ4v) is 3.46. The number of hydrogen-bond donors (Lipinski definition) is 3. The Hall–Kier alpha value is -1.64. The summed E-state index contributed by atoms with van der Waals surface area (Å²) in [5, 5.41) is 10.6. The van der Waals surface area contributed by atoms with Gasteiger partial charge in [-0.25, -0.2) is 0 Å². The molecule has 1 aliphatic heterocycles. The van der Waals surface area contributed by atoms with E-state index in [4.69, 9.17) is 11.1 Å². The molecule has 0 spiro atoms. The molecule has 0 radical (unpaired) electrons. The Morgan fingerprint density at radius 3 is 2.37 bits per heavy atom. The molecule has 1 aliphatic rings. The number of nitrogens with one attached hydrogen (secondary N) is 2. The lowest BCUT2D eigenvalue weighted by molar-refractivity contribution is 0.360. The third-order valence-electron chi connectivity index (χ3n) is 2.84. The molecule has 0 atom stereocenters. The molecule has 2 rings (SSSR count). The van der Waals surface area contributed by atoms with Crippen LogP contribution in [-0.2, 0) is 10.2 Å². The van der Waals surface area contributed by atoms with Crippen LogP contribution in [-0.4, -0.2) is 44.9 Å². The summed E-state index contributed by atoms with van der Waals surface area (Å²) in [5.41, 5.74) is 5.82. The van der Waals surface area contributed by atoms with Gasteiger partial charge >= 0.3 is 10.2 Å². The van der Waals surface area contributed by atoms with E-state index < -0.39 is 16.2 Å². The standard InChI is InChI=1S/C11H17N5O2S/c12-11(13)16(10-4-2-1-3-5-10)19(17,18)15-8-6-14-7-9-15/h1-5,14H,6-9H2,(H3,12,13). The van der Waals surface area contributed by atoms with Crippen LogP contribution in [0.5, 0.6) is 0 Å². The molecule has 0 aliphatic carbocycles. The Morgan fingerprint density at radius 1 is 1.26 bits per heavy atom. The summed E-state index contributed by atoms with van der Waals surface area (Å²) >= 11 is 0. The molecule has 0 bridgehead atoms. The van der Waals surface area contributed by atoms with E-state index in [9.17, 15) is 8.42 Å². The predicted octanol–water partition coefficient (Wildman–Crippen LogP) is -0.464. The first-order valence-corrected chi connectivity index (χ1v) is 7.33. The molecule has 8 heteroatoms. The van der Waals surface area contributed by atoms with Crippen molar-refractivity contribution in [1.82, 2.24) is 9.62 Å². The summed E-state index contributed by atoms with van der Waals surface area (Å²) in [5.74, 6) is -0.510. The summed E-state index contributed by atoms with van der Waals surface area (Å²) in [7, 11) is -3.80. The smallest absolute Gasteiger partial charge is 0.310 e. The molecule has 1 aromatic rings. The second kappa shape index (κ2) is 5.55. The number of anilines is 1. The van der Waals surface area contributed by atoms with E-state index in [1.807, 2.05) is 0 Å². The average Bonchev–Trinajstić information content (AvgIpc) is 2.40. The van der Waals surface area contributed by atoms with E-state index >= 15 is 0 Å². The van der Waals surface area contributed by atoms with Gasteiger partial charge in [0.1, 0.15) is 0 Å². The van der Waals surface area contributed by atoms with Gasteiger partial charge in [0.25, 0.3) is 0 Å². The van der Waals surface area contributed by atoms with E-state index in [1.165, 1.54) is 4.31 Å². The van der Waals surface area contributed by atoms with Gasteiger partial charge < -0.3 is 11.1 Å². The van der Waals surface area contributed by atoms with Crippen molar-refractivity contribution in [2.45, 2.75) is 0 Å². The van der Waals surface area contributed by atoms with Crippen molar-refractivity contribution in [3.63, 3.8) is 0 Å². The number of para-hydroxylation sites is 1. The highest BCUT2D eigenvalue weighted by molar-refractivity contribution is 7.91. The summed E-state index contributed by atoms with van der Waals surface area (Å²) in [6.07, 6.45) is 0. The van der Waals surface area contributed by atoms with Gasteiger partial charge in [-0.2, -0.15) is 17.0 Å². The maximum Gasteiger partial charge on any atom is 0.310 e. The summed E-state index contributed by atoms with van der Waals surface area (Å²) in [6, 6.07) is 8.42. The van der Waals surface area contributed by atoms with Gasteiger partial charge in [-0.15, -0.1) is 0 Å². The molecule has 1 saturated heterocycles. The second-order valence-corrected chi connectivity index (χ2v) is 5.92. The zero-order valence-corrected chi connectivity index (χ0v) is 11.2. The number of rotatable bonds is 3. The molecule has 19 heavy (non-hydrogen) atoms. The molecule has 0 unspecified atom stereocenters. The number of benzene rings is 1. The van der Waals surface area contributed by atoms with Gasteiger partial charge in [-0.1, -0.05) is 18.2 Å². The zero-order valence-electron chi connectivity index (χ0n) is 10.4.